The molecule has 5 rings (SSSR count). The van der Waals surface area contributed by atoms with Crippen molar-refractivity contribution in [1.29, 1.82) is 0 Å². The molecule has 4 aromatic rings. The Morgan fingerprint density at radius 2 is 1.86 bits per heavy atom. The Morgan fingerprint density at radius 3 is 2.71 bits per heavy atom. The van der Waals surface area contributed by atoms with Gasteiger partial charge in [0, 0.05) is 28.2 Å². The molecule has 1 unspecified atom stereocenters. The van der Waals surface area contributed by atoms with E-state index in [1.807, 2.05) is 19.2 Å². The third-order valence-corrected chi connectivity index (χ3v) is 6.45. The average molecular weight is 370 g/mol. The zero-order valence-corrected chi connectivity index (χ0v) is 16.6. The summed E-state index contributed by atoms with van der Waals surface area (Å²) in [5, 5.41) is 2.17. The van der Waals surface area contributed by atoms with Crippen LogP contribution in [0.2, 0.25) is 0 Å². The first-order valence-corrected chi connectivity index (χ1v) is 10.5. The smallest absolute Gasteiger partial charge is 0.227 e. The summed E-state index contributed by atoms with van der Waals surface area (Å²) in [6.07, 6.45) is 8.79. The number of nitrogens with zero attached hydrogens (tertiary/aromatic N) is 2. The van der Waals surface area contributed by atoms with Crippen molar-refractivity contribution in [2.45, 2.75) is 51.9 Å². The van der Waals surface area contributed by atoms with Crippen molar-refractivity contribution in [3.05, 3.63) is 59.9 Å². The van der Waals surface area contributed by atoms with Crippen LogP contribution in [0, 0.1) is 12.8 Å². The van der Waals surface area contributed by atoms with Gasteiger partial charge in [0.15, 0.2) is 0 Å². The molecule has 0 radical (unpaired) electrons. The van der Waals surface area contributed by atoms with Gasteiger partial charge in [-0.1, -0.05) is 38.3 Å². The van der Waals surface area contributed by atoms with Gasteiger partial charge in [-0.05, 0) is 67.5 Å². The van der Waals surface area contributed by atoms with Gasteiger partial charge in [0.25, 0.3) is 0 Å². The van der Waals surface area contributed by atoms with Crippen molar-refractivity contribution in [3.63, 3.8) is 0 Å². The van der Waals surface area contributed by atoms with Crippen molar-refractivity contribution in [2.24, 2.45) is 5.92 Å². The van der Waals surface area contributed by atoms with Gasteiger partial charge in [-0.3, -0.25) is 4.98 Å². The minimum Gasteiger partial charge on any atom is -0.437 e. The lowest BCUT2D eigenvalue weighted by molar-refractivity contribution is 0.316. The van der Waals surface area contributed by atoms with Crippen LogP contribution < -0.4 is 0 Å². The largest absolute Gasteiger partial charge is 0.437 e. The van der Waals surface area contributed by atoms with Crippen molar-refractivity contribution in [2.75, 3.05) is 0 Å². The number of hydrogen-bond donors (Lipinski definition) is 0. The van der Waals surface area contributed by atoms with E-state index in [-0.39, 0.29) is 0 Å². The summed E-state index contributed by atoms with van der Waals surface area (Å²) in [6.45, 7) is 4.37. The predicted molar refractivity (Wildman–Crippen MR) is 114 cm³/mol. The number of furan rings is 1. The zero-order valence-electron chi connectivity index (χ0n) is 16.6. The summed E-state index contributed by atoms with van der Waals surface area (Å²) in [5.41, 5.74) is 5.97. The lowest BCUT2D eigenvalue weighted by Gasteiger charge is -2.28. The van der Waals surface area contributed by atoms with Crippen LogP contribution >= 0.6 is 0 Å². The zero-order chi connectivity index (χ0) is 19.1. The molecule has 0 aliphatic heterocycles. The second-order valence-electron chi connectivity index (χ2n) is 8.25. The summed E-state index contributed by atoms with van der Waals surface area (Å²) < 4.78 is 6.18. The van der Waals surface area contributed by atoms with Gasteiger partial charge in [-0.15, -0.1) is 0 Å². The number of aromatic nitrogens is 2. The molecule has 3 heterocycles. The van der Waals surface area contributed by atoms with Crippen LogP contribution in [0.25, 0.3) is 33.3 Å². The molecule has 0 spiro atoms. The number of fused-ring (bicyclic) bond motifs is 3. The predicted octanol–water partition coefficient (Wildman–Crippen LogP) is 7.04. The molecule has 1 saturated carbocycles. The quantitative estimate of drug-likeness (QED) is 0.388. The molecule has 3 aromatic heterocycles. The van der Waals surface area contributed by atoms with Crippen LogP contribution in [0.4, 0.5) is 0 Å². The Hall–Kier alpha value is -2.68. The first-order chi connectivity index (χ1) is 13.7. The molecule has 0 bridgehead atoms. The molecule has 3 heteroatoms. The molecule has 142 valence electrons. The maximum atomic E-state index is 6.18. The van der Waals surface area contributed by atoms with E-state index in [4.69, 9.17) is 9.40 Å². The van der Waals surface area contributed by atoms with Gasteiger partial charge in [0.2, 0.25) is 5.71 Å². The van der Waals surface area contributed by atoms with Crippen LogP contribution in [0.15, 0.2) is 53.1 Å². The Bertz CT molecular complexity index is 1140. The van der Waals surface area contributed by atoms with Crippen LogP contribution in [0.3, 0.4) is 0 Å². The summed E-state index contributed by atoms with van der Waals surface area (Å²) >= 11 is 0. The average Bonchev–Trinajstić information content (AvgIpc) is 3.11. The second kappa shape index (κ2) is 7.05. The Kier molecular flexibility index (Phi) is 4.38. The van der Waals surface area contributed by atoms with Crippen molar-refractivity contribution in [1.82, 2.24) is 9.97 Å². The number of hydrogen-bond acceptors (Lipinski definition) is 3. The van der Waals surface area contributed by atoms with Gasteiger partial charge < -0.3 is 4.42 Å². The molecule has 28 heavy (non-hydrogen) atoms. The highest BCUT2D eigenvalue weighted by Crippen LogP contribution is 2.38. The van der Waals surface area contributed by atoms with Crippen molar-refractivity contribution >= 4 is 22.1 Å². The standard InChI is InChI=1S/C25H26N2O/c1-16-11-12-21-20-9-6-10-22(24(20)28-25(21)27-16)23-15-19(13-14-26-23)17(2)18-7-4-3-5-8-18/h6,9-15,17-18H,3-5,7-8H2,1-2H3. The summed E-state index contributed by atoms with van der Waals surface area (Å²) in [6, 6.07) is 14.9. The van der Waals surface area contributed by atoms with Gasteiger partial charge in [-0.2, -0.15) is 0 Å². The van der Waals surface area contributed by atoms with Gasteiger partial charge in [-0.25, -0.2) is 4.98 Å². The van der Waals surface area contributed by atoms with E-state index in [1.54, 1.807) is 0 Å². The molecule has 1 aromatic carbocycles. The van der Waals surface area contributed by atoms with Crippen molar-refractivity contribution in [3.8, 4) is 11.3 Å². The third-order valence-electron chi connectivity index (χ3n) is 6.45. The van der Waals surface area contributed by atoms with E-state index in [9.17, 15) is 0 Å². The fourth-order valence-corrected chi connectivity index (χ4v) is 4.76. The molecule has 0 N–H and O–H groups in total. The first kappa shape index (κ1) is 17.4. The molecule has 0 amide bonds. The molecule has 3 nitrogen and oxygen atoms in total. The van der Waals surface area contributed by atoms with E-state index in [0.717, 1.165) is 39.2 Å². The van der Waals surface area contributed by atoms with E-state index < -0.39 is 0 Å². The number of pyridine rings is 2. The van der Waals surface area contributed by atoms with Gasteiger partial charge in [0.05, 0.1) is 5.69 Å². The lowest BCUT2D eigenvalue weighted by Crippen LogP contribution is -2.14. The highest BCUT2D eigenvalue weighted by molar-refractivity contribution is 6.08. The van der Waals surface area contributed by atoms with E-state index in [0.29, 0.717) is 11.6 Å². The topological polar surface area (TPSA) is 38.9 Å². The maximum absolute atomic E-state index is 6.18. The Morgan fingerprint density at radius 1 is 1.00 bits per heavy atom. The lowest BCUT2D eigenvalue weighted by atomic mass is 9.78. The Balaban J connectivity index is 1.59. The highest BCUT2D eigenvalue weighted by atomic mass is 16.3. The monoisotopic (exact) mass is 370 g/mol. The minimum absolute atomic E-state index is 0.571. The fourth-order valence-electron chi connectivity index (χ4n) is 4.76. The van der Waals surface area contributed by atoms with Crippen LogP contribution in [0.5, 0.6) is 0 Å². The van der Waals surface area contributed by atoms with Crippen molar-refractivity contribution < 1.29 is 4.42 Å². The highest BCUT2D eigenvalue weighted by Gasteiger charge is 2.22. The molecule has 1 atom stereocenters. The number of rotatable bonds is 3. The van der Waals surface area contributed by atoms with E-state index in [1.165, 1.54) is 37.7 Å². The molecule has 1 aliphatic carbocycles. The molecular formula is C25H26N2O. The minimum atomic E-state index is 0.571. The first-order valence-electron chi connectivity index (χ1n) is 10.5. The summed E-state index contributed by atoms with van der Waals surface area (Å²) in [5.74, 6) is 1.36. The normalized spacial score (nSPS) is 16.6. The number of benzene rings is 1. The maximum Gasteiger partial charge on any atom is 0.227 e. The summed E-state index contributed by atoms with van der Waals surface area (Å²) in [4.78, 5) is 9.26. The molecule has 0 saturated heterocycles. The fraction of sp³-hybridized carbons (Fsp3) is 0.360. The number of para-hydroxylation sites is 1. The molecular weight excluding hydrogens is 344 g/mol. The molecule has 1 aliphatic rings. The second-order valence-corrected chi connectivity index (χ2v) is 8.25. The van der Waals surface area contributed by atoms with E-state index in [2.05, 4.69) is 48.3 Å². The van der Waals surface area contributed by atoms with Crippen LogP contribution in [-0.2, 0) is 0 Å². The van der Waals surface area contributed by atoms with Gasteiger partial charge >= 0.3 is 0 Å². The van der Waals surface area contributed by atoms with E-state index >= 15 is 0 Å². The van der Waals surface area contributed by atoms with Crippen LogP contribution in [0.1, 0.15) is 56.2 Å². The SMILES string of the molecule is Cc1ccc2c(n1)oc1c(-c3cc(C(C)C4CCCCC4)ccn3)cccc12. The van der Waals surface area contributed by atoms with Crippen LogP contribution in [-0.4, -0.2) is 9.97 Å². The van der Waals surface area contributed by atoms with Gasteiger partial charge in [0.1, 0.15) is 5.58 Å². The number of aryl methyl sites for hydroxylation is 1. The third kappa shape index (κ3) is 2.99. The summed E-state index contributed by atoms with van der Waals surface area (Å²) in [7, 11) is 0. The molecule has 1 fully saturated rings. The Labute approximate surface area is 165 Å².